The summed E-state index contributed by atoms with van der Waals surface area (Å²) in [6, 6.07) is 2.16. The number of nitrogens with one attached hydrogen (secondary N) is 1. The van der Waals surface area contributed by atoms with E-state index >= 15 is 0 Å². The van der Waals surface area contributed by atoms with Crippen molar-refractivity contribution in [2.75, 3.05) is 12.8 Å². The summed E-state index contributed by atoms with van der Waals surface area (Å²) in [7, 11) is 0. The molecule has 1 spiro atoms. The van der Waals surface area contributed by atoms with Crippen molar-refractivity contribution in [3.63, 3.8) is 0 Å². The van der Waals surface area contributed by atoms with Crippen LogP contribution in [0.2, 0.25) is 0 Å². The number of nitrogens with zero attached hydrogens (tertiary/aromatic N) is 1. The molecule has 1 atom stereocenters. The molecular formula is C16H22N2OS2. The first-order valence-electron chi connectivity index (χ1n) is 7.84. The number of carbonyl (C=O) groups is 1. The first kappa shape index (κ1) is 14.1. The van der Waals surface area contributed by atoms with E-state index in [-0.39, 0.29) is 11.7 Å². The van der Waals surface area contributed by atoms with Crippen LogP contribution >= 0.6 is 23.1 Å². The fraction of sp³-hybridized carbons (Fsp3) is 0.688. The number of hydrogen-bond donors (Lipinski definition) is 1. The lowest BCUT2D eigenvalue weighted by Crippen LogP contribution is -2.44. The number of thiophene rings is 1. The molecule has 0 aromatic carbocycles. The Bertz CT molecular complexity index is 532. The highest BCUT2D eigenvalue weighted by Gasteiger charge is 2.55. The van der Waals surface area contributed by atoms with Crippen LogP contribution in [0.4, 0.5) is 0 Å². The maximum absolute atomic E-state index is 13.1. The predicted molar refractivity (Wildman–Crippen MR) is 88.6 cm³/mol. The highest BCUT2D eigenvalue weighted by molar-refractivity contribution is 8.00. The van der Waals surface area contributed by atoms with Gasteiger partial charge in [0.1, 0.15) is 6.17 Å². The van der Waals surface area contributed by atoms with Crippen molar-refractivity contribution >= 4 is 29.0 Å². The predicted octanol–water partition coefficient (Wildman–Crippen LogP) is 3.39. The van der Waals surface area contributed by atoms with Crippen LogP contribution in [0.3, 0.4) is 0 Å². The van der Waals surface area contributed by atoms with E-state index in [1.54, 1.807) is 11.3 Å². The Hall–Kier alpha value is -0.520. The number of amides is 1. The van der Waals surface area contributed by atoms with Gasteiger partial charge in [0.05, 0.1) is 5.54 Å². The van der Waals surface area contributed by atoms with Gasteiger partial charge < -0.3 is 4.90 Å². The number of rotatable bonds is 4. The fourth-order valence-corrected chi connectivity index (χ4v) is 5.32. The number of carbonyl (C=O) groups excluding carboxylic acids is 1. The molecule has 1 amide bonds. The second-order valence-corrected chi connectivity index (χ2v) is 8.77. The van der Waals surface area contributed by atoms with Crippen LogP contribution in [-0.4, -0.2) is 33.9 Å². The van der Waals surface area contributed by atoms with Gasteiger partial charge >= 0.3 is 0 Å². The summed E-state index contributed by atoms with van der Waals surface area (Å²) >= 11 is 3.66. The summed E-state index contributed by atoms with van der Waals surface area (Å²) in [5.41, 5.74) is 0.996. The molecule has 0 bridgehead atoms. The number of thioether (sulfide) groups is 1. The van der Waals surface area contributed by atoms with Gasteiger partial charge in [-0.05, 0) is 54.3 Å². The maximum atomic E-state index is 13.1. The van der Waals surface area contributed by atoms with Gasteiger partial charge in [-0.2, -0.15) is 23.1 Å². The van der Waals surface area contributed by atoms with Gasteiger partial charge in [-0.3, -0.25) is 10.1 Å². The molecule has 3 fully saturated rings. The molecule has 21 heavy (non-hydrogen) atoms. The Labute approximate surface area is 134 Å². The van der Waals surface area contributed by atoms with Crippen LogP contribution in [0.1, 0.15) is 50.3 Å². The Balaban J connectivity index is 1.65. The van der Waals surface area contributed by atoms with E-state index in [0.717, 1.165) is 19.4 Å². The van der Waals surface area contributed by atoms with Crippen LogP contribution in [0.25, 0.3) is 0 Å². The molecule has 3 nitrogen and oxygen atoms in total. The zero-order valence-electron chi connectivity index (χ0n) is 12.4. The molecule has 1 unspecified atom stereocenters. The standard InChI is InChI=1S/C16H22N2OS2/c1-20-15(7-8-15)11-18-13(12-4-9-21-10-12)17-16(14(18)19)5-2-3-6-16/h4,9-10,13,17H,2-3,5-8,11H2,1H3. The quantitative estimate of drug-likeness (QED) is 0.922. The van der Waals surface area contributed by atoms with Crippen molar-refractivity contribution in [2.45, 2.75) is 55.0 Å². The minimum atomic E-state index is -0.263. The molecule has 1 saturated heterocycles. The first-order valence-corrected chi connectivity index (χ1v) is 10.0. The summed E-state index contributed by atoms with van der Waals surface area (Å²) in [5, 5.41) is 8.01. The van der Waals surface area contributed by atoms with Crippen molar-refractivity contribution in [2.24, 2.45) is 0 Å². The van der Waals surface area contributed by atoms with Gasteiger partial charge in [-0.1, -0.05) is 12.8 Å². The molecule has 2 aliphatic carbocycles. The first-order chi connectivity index (χ1) is 10.2. The minimum absolute atomic E-state index is 0.0893. The van der Waals surface area contributed by atoms with E-state index in [9.17, 15) is 4.79 Å². The smallest absolute Gasteiger partial charge is 0.244 e. The van der Waals surface area contributed by atoms with E-state index in [4.69, 9.17) is 0 Å². The summed E-state index contributed by atoms with van der Waals surface area (Å²) in [6.45, 7) is 0.905. The van der Waals surface area contributed by atoms with Crippen molar-refractivity contribution in [1.82, 2.24) is 10.2 Å². The Kier molecular flexibility index (Phi) is 3.36. The van der Waals surface area contributed by atoms with Crippen LogP contribution in [0, 0.1) is 0 Å². The summed E-state index contributed by atoms with van der Waals surface area (Å²) in [6.07, 6.45) is 9.15. The van der Waals surface area contributed by atoms with Crippen LogP contribution in [0.5, 0.6) is 0 Å². The molecule has 3 aliphatic rings. The molecule has 1 aliphatic heterocycles. The zero-order valence-corrected chi connectivity index (χ0v) is 14.1. The summed E-state index contributed by atoms with van der Waals surface area (Å²) in [4.78, 5) is 15.3. The third-order valence-electron chi connectivity index (χ3n) is 5.41. The van der Waals surface area contributed by atoms with E-state index in [0.29, 0.717) is 10.7 Å². The average Bonchev–Trinajstić information content (AvgIpc) is 2.90. The molecule has 0 radical (unpaired) electrons. The van der Waals surface area contributed by atoms with E-state index in [1.165, 1.54) is 31.2 Å². The molecular weight excluding hydrogens is 300 g/mol. The van der Waals surface area contributed by atoms with Crippen molar-refractivity contribution in [1.29, 1.82) is 0 Å². The number of hydrogen-bond acceptors (Lipinski definition) is 4. The molecule has 2 heterocycles. The maximum Gasteiger partial charge on any atom is 0.244 e. The van der Waals surface area contributed by atoms with Gasteiger partial charge in [-0.15, -0.1) is 0 Å². The van der Waals surface area contributed by atoms with Crippen molar-refractivity contribution < 1.29 is 4.79 Å². The van der Waals surface area contributed by atoms with Gasteiger partial charge in [0.25, 0.3) is 0 Å². The van der Waals surface area contributed by atoms with Crippen LogP contribution in [0.15, 0.2) is 16.8 Å². The minimum Gasteiger partial charge on any atom is -0.320 e. The molecule has 2 saturated carbocycles. The molecule has 5 heteroatoms. The zero-order chi connectivity index (χ0) is 14.5. The second kappa shape index (κ2) is 5.00. The van der Waals surface area contributed by atoms with Crippen LogP contribution in [-0.2, 0) is 4.79 Å². The summed E-state index contributed by atoms with van der Waals surface area (Å²) in [5.74, 6) is 0.358. The Morgan fingerprint density at radius 1 is 1.38 bits per heavy atom. The van der Waals surface area contributed by atoms with Crippen molar-refractivity contribution in [3.05, 3.63) is 22.4 Å². The highest BCUT2D eigenvalue weighted by atomic mass is 32.2. The lowest BCUT2D eigenvalue weighted by atomic mass is 9.98. The van der Waals surface area contributed by atoms with E-state index < -0.39 is 0 Å². The van der Waals surface area contributed by atoms with Crippen molar-refractivity contribution in [3.8, 4) is 0 Å². The fourth-order valence-electron chi connectivity index (χ4n) is 3.86. The molecule has 1 N–H and O–H groups in total. The Morgan fingerprint density at radius 3 is 2.71 bits per heavy atom. The normalized spacial score (nSPS) is 29.5. The third kappa shape index (κ3) is 2.25. The monoisotopic (exact) mass is 322 g/mol. The summed E-state index contributed by atoms with van der Waals surface area (Å²) < 4.78 is 0.329. The highest BCUT2D eigenvalue weighted by Crippen LogP contribution is 2.50. The lowest BCUT2D eigenvalue weighted by Gasteiger charge is -2.27. The van der Waals surface area contributed by atoms with E-state index in [2.05, 4.69) is 33.3 Å². The van der Waals surface area contributed by atoms with Gasteiger partial charge in [0.15, 0.2) is 0 Å². The van der Waals surface area contributed by atoms with E-state index in [1.807, 2.05) is 11.8 Å². The molecule has 114 valence electrons. The lowest BCUT2D eigenvalue weighted by molar-refractivity contribution is -0.133. The second-order valence-electron chi connectivity index (χ2n) is 6.71. The van der Waals surface area contributed by atoms with Gasteiger partial charge in [0.2, 0.25) is 5.91 Å². The Morgan fingerprint density at radius 2 is 2.14 bits per heavy atom. The SMILES string of the molecule is CSC1(CN2C(=O)C3(CCCC3)NC2c2ccsc2)CC1. The average molecular weight is 322 g/mol. The van der Waals surface area contributed by atoms with Gasteiger partial charge in [0, 0.05) is 11.3 Å². The topological polar surface area (TPSA) is 32.3 Å². The largest absolute Gasteiger partial charge is 0.320 e. The molecule has 4 rings (SSSR count). The third-order valence-corrected chi connectivity index (χ3v) is 7.51. The van der Waals surface area contributed by atoms with Gasteiger partial charge in [-0.25, -0.2) is 0 Å². The molecule has 1 aromatic heterocycles. The van der Waals surface area contributed by atoms with Crippen LogP contribution < -0.4 is 5.32 Å². The molecule has 1 aromatic rings.